The molecule has 0 bridgehead atoms. The maximum Gasteiger partial charge on any atom is 0.241 e. The number of benzene rings is 1. The van der Waals surface area contributed by atoms with E-state index in [2.05, 4.69) is 10.0 Å². The van der Waals surface area contributed by atoms with Gasteiger partial charge in [-0.05, 0) is 37.6 Å². The van der Waals surface area contributed by atoms with Gasteiger partial charge < -0.3 is 14.5 Å². The van der Waals surface area contributed by atoms with Gasteiger partial charge >= 0.3 is 0 Å². The average molecular weight is 380 g/mol. The van der Waals surface area contributed by atoms with Crippen LogP contribution in [0.5, 0.6) is 0 Å². The van der Waals surface area contributed by atoms with Crippen LogP contribution >= 0.6 is 0 Å². The lowest BCUT2D eigenvalue weighted by molar-refractivity contribution is -0.121. The van der Waals surface area contributed by atoms with Gasteiger partial charge in [0.2, 0.25) is 15.9 Å². The molecule has 0 saturated heterocycles. The van der Waals surface area contributed by atoms with E-state index in [1.165, 1.54) is 18.4 Å². The Hall–Kier alpha value is -2.16. The van der Waals surface area contributed by atoms with Crippen molar-refractivity contribution in [2.24, 2.45) is 0 Å². The van der Waals surface area contributed by atoms with Gasteiger partial charge in [-0.15, -0.1) is 0 Å². The summed E-state index contributed by atoms with van der Waals surface area (Å²) in [6.45, 7) is 2.88. The minimum Gasteiger partial charge on any atom is -0.468 e. The van der Waals surface area contributed by atoms with Gasteiger partial charge in [-0.25, -0.2) is 8.42 Å². The molecule has 0 aliphatic rings. The predicted molar refractivity (Wildman–Crippen MR) is 97.1 cm³/mol. The van der Waals surface area contributed by atoms with Crippen LogP contribution in [0, 0.1) is 6.92 Å². The molecule has 0 aliphatic heterocycles. The van der Waals surface area contributed by atoms with E-state index in [9.17, 15) is 13.2 Å². The zero-order valence-electron chi connectivity index (χ0n) is 14.9. The Bertz CT molecular complexity index is 785. The Labute approximate surface area is 153 Å². The number of hydrogen-bond donors (Lipinski definition) is 2. The van der Waals surface area contributed by atoms with Gasteiger partial charge in [-0.1, -0.05) is 17.7 Å². The molecule has 142 valence electrons. The normalized spacial score (nSPS) is 12.7. The van der Waals surface area contributed by atoms with E-state index < -0.39 is 16.1 Å². The number of hydrogen-bond acceptors (Lipinski definition) is 5. The zero-order chi connectivity index (χ0) is 19.0. The smallest absolute Gasteiger partial charge is 0.241 e. The number of sulfonamides is 1. The maximum absolute atomic E-state index is 12.6. The maximum atomic E-state index is 12.6. The van der Waals surface area contributed by atoms with Crippen molar-refractivity contribution in [1.29, 1.82) is 0 Å². The molecule has 1 aromatic carbocycles. The van der Waals surface area contributed by atoms with Crippen molar-refractivity contribution in [2.75, 3.05) is 20.3 Å². The standard InChI is InChI=1S/C18H24N2O5S/c1-14-6-8-15(9-7-14)26(22,23)20-16(17-5-3-12-25-17)13-18(21)19-10-4-11-24-2/h3,5-9,12,16,20H,4,10-11,13H2,1-2H3,(H,19,21)/t16-/m0/s1. The first-order chi connectivity index (χ1) is 12.4. The minimum absolute atomic E-state index is 0.0639. The molecular formula is C18H24N2O5S. The quantitative estimate of drug-likeness (QED) is 0.616. The second kappa shape index (κ2) is 9.51. The molecule has 2 rings (SSSR count). The third-order valence-corrected chi connectivity index (χ3v) is 5.24. The summed E-state index contributed by atoms with van der Waals surface area (Å²) in [4.78, 5) is 12.3. The summed E-state index contributed by atoms with van der Waals surface area (Å²) in [5, 5.41) is 2.75. The van der Waals surface area contributed by atoms with Crippen LogP contribution in [0.25, 0.3) is 0 Å². The van der Waals surface area contributed by atoms with E-state index in [0.717, 1.165) is 5.56 Å². The number of nitrogens with one attached hydrogen (secondary N) is 2. The molecule has 1 atom stereocenters. The predicted octanol–water partition coefficient (Wildman–Crippen LogP) is 2.15. The zero-order valence-corrected chi connectivity index (χ0v) is 15.7. The Kier molecular flexibility index (Phi) is 7.38. The minimum atomic E-state index is -3.79. The van der Waals surface area contributed by atoms with Crippen LogP contribution < -0.4 is 10.0 Å². The second-order valence-electron chi connectivity index (χ2n) is 5.90. The molecule has 0 aliphatic carbocycles. The number of rotatable bonds is 10. The van der Waals surface area contributed by atoms with Crippen molar-refractivity contribution < 1.29 is 22.4 Å². The molecule has 2 aromatic rings. The first-order valence-corrected chi connectivity index (χ1v) is 9.79. The fraction of sp³-hybridized carbons (Fsp3) is 0.389. The topological polar surface area (TPSA) is 97.6 Å². The van der Waals surface area contributed by atoms with Gasteiger partial charge in [-0.3, -0.25) is 4.79 Å². The van der Waals surface area contributed by atoms with Gasteiger partial charge in [0.15, 0.2) is 0 Å². The van der Waals surface area contributed by atoms with Crippen molar-refractivity contribution in [2.45, 2.75) is 30.7 Å². The summed E-state index contributed by atoms with van der Waals surface area (Å²) in [5.74, 6) is 0.113. The number of carbonyl (C=O) groups excluding carboxylic acids is 1. The van der Waals surface area contributed by atoms with Crippen molar-refractivity contribution >= 4 is 15.9 Å². The molecule has 1 heterocycles. The summed E-state index contributed by atoms with van der Waals surface area (Å²) in [6.07, 6.45) is 2.06. The molecule has 0 fully saturated rings. The van der Waals surface area contributed by atoms with E-state index in [0.29, 0.717) is 25.3 Å². The molecule has 8 heteroatoms. The van der Waals surface area contributed by atoms with Crippen molar-refractivity contribution in [1.82, 2.24) is 10.0 Å². The van der Waals surface area contributed by atoms with Crippen LogP contribution in [0.4, 0.5) is 0 Å². The lowest BCUT2D eigenvalue weighted by Gasteiger charge is -2.17. The van der Waals surface area contributed by atoms with Crippen molar-refractivity contribution in [3.8, 4) is 0 Å². The van der Waals surface area contributed by atoms with Crippen LogP contribution in [0.1, 0.15) is 30.2 Å². The highest BCUT2D eigenvalue weighted by Crippen LogP contribution is 2.21. The Morgan fingerprint density at radius 3 is 2.58 bits per heavy atom. The summed E-state index contributed by atoms with van der Waals surface area (Å²) in [5.41, 5.74) is 0.960. The van der Waals surface area contributed by atoms with Crippen molar-refractivity contribution in [3.63, 3.8) is 0 Å². The monoisotopic (exact) mass is 380 g/mol. The highest BCUT2D eigenvalue weighted by Gasteiger charge is 2.25. The number of methoxy groups -OCH3 is 1. The van der Waals surface area contributed by atoms with Crippen LogP contribution in [0.2, 0.25) is 0 Å². The van der Waals surface area contributed by atoms with E-state index in [4.69, 9.17) is 9.15 Å². The molecular weight excluding hydrogens is 356 g/mol. The second-order valence-corrected chi connectivity index (χ2v) is 7.62. The van der Waals surface area contributed by atoms with E-state index in [-0.39, 0.29) is 17.2 Å². The van der Waals surface area contributed by atoms with E-state index in [1.54, 1.807) is 31.4 Å². The Balaban J connectivity index is 2.08. The number of carbonyl (C=O) groups is 1. The Morgan fingerprint density at radius 1 is 1.23 bits per heavy atom. The summed E-state index contributed by atoms with van der Waals surface area (Å²) in [7, 11) is -2.20. The third kappa shape index (κ3) is 5.98. The van der Waals surface area contributed by atoms with Crippen LogP contribution in [0.3, 0.4) is 0 Å². The lowest BCUT2D eigenvalue weighted by Crippen LogP contribution is -2.34. The molecule has 0 spiro atoms. The third-order valence-electron chi connectivity index (χ3n) is 3.75. The number of aryl methyl sites for hydroxylation is 1. The SMILES string of the molecule is COCCCNC(=O)C[C@H](NS(=O)(=O)c1ccc(C)cc1)c1ccco1. The van der Waals surface area contributed by atoms with Gasteiger partial charge in [-0.2, -0.15) is 4.72 Å². The number of furan rings is 1. The van der Waals surface area contributed by atoms with Gasteiger partial charge in [0.25, 0.3) is 0 Å². The summed E-state index contributed by atoms with van der Waals surface area (Å²) < 4.78 is 38.1. The van der Waals surface area contributed by atoms with Crippen molar-refractivity contribution in [3.05, 3.63) is 54.0 Å². The first-order valence-electron chi connectivity index (χ1n) is 8.30. The van der Waals surface area contributed by atoms with E-state index in [1.807, 2.05) is 6.92 Å². The molecule has 1 amide bonds. The molecule has 0 radical (unpaired) electrons. The van der Waals surface area contributed by atoms with Crippen LogP contribution in [0.15, 0.2) is 52.0 Å². The summed E-state index contributed by atoms with van der Waals surface area (Å²) in [6, 6.07) is 9.00. The fourth-order valence-corrected chi connectivity index (χ4v) is 3.57. The number of amides is 1. The molecule has 1 aromatic heterocycles. The largest absolute Gasteiger partial charge is 0.468 e. The molecule has 0 unspecified atom stereocenters. The summed E-state index contributed by atoms with van der Waals surface area (Å²) >= 11 is 0. The number of ether oxygens (including phenoxy) is 1. The van der Waals surface area contributed by atoms with E-state index >= 15 is 0 Å². The molecule has 2 N–H and O–H groups in total. The lowest BCUT2D eigenvalue weighted by atomic mass is 10.1. The average Bonchev–Trinajstić information content (AvgIpc) is 3.13. The van der Waals surface area contributed by atoms with Gasteiger partial charge in [0.1, 0.15) is 5.76 Å². The first kappa shape index (κ1) is 20.2. The fourth-order valence-electron chi connectivity index (χ4n) is 2.36. The Morgan fingerprint density at radius 2 is 1.96 bits per heavy atom. The molecule has 26 heavy (non-hydrogen) atoms. The van der Waals surface area contributed by atoms with Crippen LogP contribution in [-0.4, -0.2) is 34.6 Å². The highest BCUT2D eigenvalue weighted by atomic mass is 32.2. The van der Waals surface area contributed by atoms with Gasteiger partial charge in [0.05, 0.1) is 23.6 Å². The van der Waals surface area contributed by atoms with Gasteiger partial charge in [0, 0.05) is 20.3 Å². The molecule has 0 saturated carbocycles. The highest BCUT2D eigenvalue weighted by molar-refractivity contribution is 7.89. The van der Waals surface area contributed by atoms with Crippen LogP contribution in [-0.2, 0) is 19.6 Å². The molecule has 7 nitrogen and oxygen atoms in total.